The summed E-state index contributed by atoms with van der Waals surface area (Å²) in [6, 6.07) is 0. The molecule has 1 aliphatic heterocycles. The lowest BCUT2D eigenvalue weighted by Crippen LogP contribution is -2.29. The van der Waals surface area contributed by atoms with Crippen molar-refractivity contribution >= 4 is 5.97 Å². The number of unbranched alkanes of at least 4 members (excludes halogenated alkanes) is 2. The van der Waals surface area contributed by atoms with Crippen LogP contribution in [0.2, 0.25) is 0 Å². The average Bonchev–Trinajstić information content (AvgIpc) is 2.51. The fourth-order valence-electron chi connectivity index (χ4n) is 2.86. The van der Waals surface area contributed by atoms with E-state index in [2.05, 4.69) is 6.92 Å². The zero-order chi connectivity index (χ0) is 17.1. The molecular weight excluding hydrogens is 296 g/mol. The fourth-order valence-corrected chi connectivity index (χ4v) is 2.86. The normalized spacial score (nSPS) is 32.8. The van der Waals surface area contributed by atoms with Crippen LogP contribution in [0.5, 0.6) is 0 Å². The minimum absolute atomic E-state index is 0.0892. The van der Waals surface area contributed by atoms with Gasteiger partial charge in [-0.25, -0.2) is 4.79 Å². The van der Waals surface area contributed by atoms with Gasteiger partial charge < -0.3 is 20.1 Å². The first-order valence-electron chi connectivity index (χ1n) is 8.96. The Morgan fingerprint density at radius 1 is 1.13 bits per heavy atom. The minimum Gasteiger partial charge on any atom is -0.459 e. The molecule has 1 rings (SSSR count). The first-order chi connectivity index (χ1) is 11.0. The van der Waals surface area contributed by atoms with Crippen LogP contribution in [-0.4, -0.2) is 45.7 Å². The second kappa shape index (κ2) is 11.6. The lowest BCUT2D eigenvalue weighted by molar-refractivity contribution is -0.143. The van der Waals surface area contributed by atoms with E-state index in [0.29, 0.717) is 6.42 Å². The topological polar surface area (TPSA) is 87.0 Å². The predicted molar refractivity (Wildman–Crippen MR) is 88.9 cm³/mol. The van der Waals surface area contributed by atoms with Crippen molar-refractivity contribution in [1.29, 1.82) is 0 Å². The average molecular weight is 328 g/mol. The number of hydrogen-bond donors (Lipinski definition) is 3. The van der Waals surface area contributed by atoms with Crippen LogP contribution in [0, 0.1) is 0 Å². The Labute approximate surface area is 139 Å². The quantitative estimate of drug-likeness (QED) is 0.545. The molecule has 134 valence electrons. The van der Waals surface area contributed by atoms with Crippen molar-refractivity contribution in [3.8, 4) is 0 Å². The minimum atomic E-state index is -1.17. The highest BCUT2D eigenvalue weighted by Gasteiger charge is 2.19. The third-order valence-electron chi connectivity index (χ3n) is 4.31. The molecule has 0 unspecified atom stereocenters. The molecule has 4 atom stereocenters. The molecule has 5 heteroatoms. The van der Waals surface area contributed by atoms with E-state index in [1.54, 1.807) is 0 Å². The van der Waals surface area contributed by atoms with E-state index in [0.717, 1.165) is 51.4 Å². The summed E-state index contributed by atoms with van der Waals surface area (Å²) in [5.74, 6) is -0.477. The van der Waals surface area contributed by atoms with Gasteiger partial charge in [-0.3, -0.25) is 0 Å². The number of carbonyl (C=O) groups is 1. The summed E-state index contributed by atoms with van der Waals surface area (Å²) in [5, 5.41) is 29.5. The molecule has 1 heterocycles. The standard InChI is InChI=1S/C18H32O5/c1-2-3-5-9-15-10-7-4-6-8-14(19)13-17(21)16(20)11-12-18(22)23-15/h11-12,14-17,19-21H,2-10,13H2,1H3/b12-11+/t14-,15-,16+,17-/m1/s1. The van der Waals surface area contributed by atoms with Gasteiger partial charge in [-0.1, -0.05) is 32.6 Å². The maximum absolute atomic E-state index is 11.9. The van der Waals surface area contributed by atoms with E-state index < -0.39 is 24.3 Å². The summed E-state index contributed by atoms with van der Waals surface area (Å²) in [4.78, 5) is 11.9. The Morgan fingerprint density at radius 3 is 2.61 bits per heavy atom. The zero-order valence-electron chi connectivity index (χ0n) is 14.2. The van der Waals surface area contributed by atoms with Crippen molar-refractivity contribution in [3.63, 3.8) is 0 Å². The molecule has 0 spiro atoms. The van der Waals surface area contributed by atoms with Crippen LogP contribution in [0.4, 0.5) is 0 Å². The van der Waals surface area contributed by atoms with Crippen LogP contribution >= 0.6 is 0 Å². The van der Waals surface area contributed by atoms with Crippen LogP contribution in [0.15, 0.2) is 12.2 Å². The molecule has 0 aromatic heterocycles. The molecule has 0 aromatic rings. The summed E-state index contributed by atoms with van der Waals surface area (Å²) >= 11 is 0. The molecule has 0 radical (unpaired) electrons. The second-order valence-corrected chi connectivity index (χ2v) is 6.50. The molecule has 1 aliphatic rings. The number of rotatable bonds is 4. The number of ether oxygens (including phenoxy) is 1. The molecule has 0 fully saturated rings. The van der Waals surface area contributed by atoms with Crippen molar-refractivity contribution in [2.45, 2.75) is 95.5 Å². The van der Waals surface area contributed by atoms with Gasteiger partial charge in [0.05, 0.1) is 18.3 Å². The molecule has 3 N–H and O–H groups in total. The van der Waals surface area contributed by atoms with Crippen LogP contribution in [0.3, 0.4) is 0 Å². The zero-order valence-corrected chi connectivity index (χ0v) is 14.2. The monoisotopic (exact) mass is 328 g/mol. The first kappa shape index (κ1) is 20.1. The Balaban J connectivity index is 2.63. The molecule has 0 amide bonds. The summed E-state index contributed by atoms with van der Waals surface area (Å²) in [5.41, 5.74) is 0. The van der Waals surface area contributed by atoms with Crippen molar-refractivity contribution in [2.75, 3.05) is 0 Å². The largest absolute Gasteiger partial charge is 0.459 e. The summed E-state index contributed by atoms with van der Waals surface area (Å²) in [7, 11) is 0. The highest BCUT2D eigenvalue weighted by atomic mass is 16.5. The maximum Gasteiger partial charge on any atom is 0.330 e. The fraction of sp³-hybridized carbons (Fsp3) is 0.833. The van der Waals surface area contributed by atoms with Gasteiger partial charge in [0.15, 0.2) is 0 Å². The lowest BCUT2D eigenvalue weighted by Gasteiger charge is -2.20. The van der Waals surface area contributed by atoms with Crippen LogP contribution in [0.1, 0.15) is 71.1 Å². The van der Waals surface area contributed by atoms with Crippen molar-refractivity contribution in [1.82, 2.24) is 0 Å². The number of carbonyl (C=O) groups excluding carboxylic acids is 1. The Morgan fingerprint density at radius 2 is 1.87 bits per heavy atom. The second-order valence-electron chi connectivity index (χ2n) is 6.50. The number of cyclic esters (lactones) is 1. The molecule has 0 aromatic carbocycles. The van der Waals surface area contributed by atoms with Gasteiger partial charge in [0.25, 0.3) is 0 Å². The number of aliphatic hydroxyl groups is 3. The molecule has 0 saturated carbocycles. The molecule has 5 nitrogen and oxygen atoms in total. The third kappa shape index (κ3) is 9.08. The van der Waals surface area contributed by atoms with Crippen LogP contribution in [-0.2, 0) is 9.53 Å². The highest BCUT2D eigenvalue weighted by molar-refractivity contribution is 5.82. The number of aliphatic hydroxyl groups excluding tert-OH is 3. The van der Waals surface area contributed by atoms with E-state index in [1.165, 1.54) is 12.2 Å². The van der Waals surface area contributed by atoms with Gasteiger partial charge in [0, 0.05) is 12.5 Å². The maximum atomic E-state index is 11.9. The lowest BCUT2D eigenvalue weighted by atomic mass is 9.99. The Bertz CT molecular complexity index is 355. The van der Waals surface area contributed by atoms with Crippen molar-refractivity contribution in [3.05, 3.63) is 12.2 Å². The van der Waals surface area contributed by atoms with Gasteiger partial charge >= 0.3 is 5.97 Å². The van der Waals surface area contributed by atoms with Crippen molar-refractivity contribution < 1.29 is 24.9 Å². The van der Waals surface area contributed by atoms with Crippen LogP contribution < -0.4 is 0 Å². The molecule has 0 aliphatic carbocycles. The smallest absolute Gasteiger partial charge is 0.330 e. The summed E-state index contributed by atoms with van der Waals surface area (Å²) in [6.45, 7) is 2.14. The van der Waals surface area contributed by atoms with Gasteiger partial charge in [0.2, 0.25) is 0 Å². The van der Waals surface area contributed by atoms with E-state index in [4.69, 9.17) is 4.74 Å². The summed E-state index contributed by atoms with van der Waals surface area (Å²) in [6.07, 6.45) is 8.00. The highest BCUT2D eigenvalue weighted by Crippen LogP contribution is 2.18. The first-order valence-corrected chi connectivity index (χ1v) is 8.96. The van der Waals surface area contributed by atoms with E-state index in [1.807, 2.05) is 0 Å². The van der Waals surface area contributed by atoms with Gasteiger partial charge in [-0.15, -0.1) is 0 Å². The Kier molecular flexibility index (Phi) is 10.2. The van der Waals surface area contributed by atoms with Crippen LogP contribution in [0.25, 0.3) is 0 Å². The molecule has 23 heavy (non-hydrogen) atoms. The molecule has 0 bridgehead atoms. The van der Waals surface area contributed by atoms with Crippen molar-refractivity contribution in [2.24, 2.45) is 0 Å². The van der Waals surface area contributed by atoms with Gasteiger partial charge in [0.1, 0.15) is 6.10 Å². The van der Waals surface area contributed by atoms with Gasteiger partial charge in [-0.05, 0) is 38.2 Å². The summed E-state index contributed by atoms with van der Waals surface area (Å²) < 4.78 is 5.48. The Hall–Kier alpha value is -0.910. The van der Waals surface area contributed by atoms with Gasteiger partial charge in [-0.2, -0.15) is 0 Å². The number of hydrogen-bond acceptors (Lipinski definition) is 5. The van der Waals surface area contributed by atoms with E-state index >= 15 is 0 Å². The number of esters is 1. The molecular formula is C18H32O5. The SMILES string of the molecule is CCCCC[C@@H]1CCCCC[C@@H](O)C[C@@H](O)[C@@H](O)/C=C/C(=O)O1. The predicted octanol–water partition coefficient (Wildman–Crippen LogP) is 2.47. The molecule has 0 saturated heterocycles. The van der Waals surface area contributed by atoms with E-state index in [9.17, 15) is 20.1 Å². The third-order valence-corrected chi connectivity index (χ3v) is 4.31. The van der Waals surface area contributed by atoms with E-state index in [-0.39, 0.29) is 12.5 Å².